The smallest absolute Gasteiger partial charge is 0.231 e. The van der Waals surface area contributed by atoms with Gasteiger partial charge in [0.1, 0.15) is 12.1 Å². The van der Waals surface area contributed by atoms with E-state index in [1.807, 2.05) is 29.2 Å². The number of carbonyl (C=O) groups excluding carboxylic acids is 1. The number of fused-ring (bicyclic) bond motifs is 1. The molecule has 2 N–H and O–H groups in total. The summed E-state index contributed by atoms with van der Waals surface area (Å²) in [4.78, 5) is 26.5. The third-order valence-corrected chi connectivity index (χ3v) is 6.72. The van der Waals surface area contributed by atoms with E-state index < -0.39 is 6.10 Å². The zero-order valence-corrected chi connectivity index (χ0v) is 19.7. The number of anilines is 1. The van der Waals surface area contributed by atoms with E-state index in [2.05, 4.69) is 41.0 Å². The number of halogens is 1. The van der Waals surface area contributed by atoms with Gasteiger partial charge in [-0.25, -0.2) is 9.97 Å². The fourth-order valence-corrected chi connectivity index (χ4v) is 4.84. The Morgan fingerprint density at radius 3 is 2.53 bits per heavy atom. The van der Waals surface area contributed by atoms with Gasteiger partial charge in [0, 0.05) is 49.4 Å². The van der Waals surface area contributed by atoms with Crippen LogP contribution in [0.2, 0.25) is 5.02 Å². The second kappa shape index (κ2) is 9.73. The molecule has 2 aromatic rings. The van der Waals surface area contributed by atoms with Gasteiger partial charge in [-0.05, 0) is 30.0 Å². The summed E-state index contributed by atoms with van der Waals surface area (Å²) in [6.07, 6.45) is 1.71. The number of aliphatic hydroxyl groups is 1. The Morgan fingerprint density at radius 2 is 1.88 bits per heavy atom. The first kappa shape index (κ1) is 23.0. The Morgan fingerprint density at radius 1 is 1.19 bits per heavy atom. The monoisotopic (exact) mass is 457 g/mol. The van der Waals surface area contributed by atoms with Crippen molar-refractivity contribution in [3.05, 3.63) is 52.4 Å². The molecule has 0 unspecified atom stereocenters. The van der Waals surface area contributed by atoms with Gasteiger partial charge in [0.25, 0.3) is 0 Å². The molecular formula is C24H32ClN5O2. The number of benzene rings is 1. The van der Waals surface area contributed by atoms with Crippen molar-refractivity contribution in [2.24, 2.45) is 0 Å². The number of aliphatic hydroxyl groups excluding tert-OH is 1. The number of carbonyl (C=O) groups is 1. The minimum atomic E-state index is -0.516. The number of nitrogens with zero attached hydrogens (tertiary/aromatic N) is 4. The first-order valence-corrected chi connectivity index (χ1v) is 11.8. The SMILES string of the molecule is CC(C)NC[C@H](C(=O)N1CCN(c2ncnc3c2[C@H](C)C[C@H]3O)CC1)c1ccc(Cl)cc1. The van der Waals surface area contributed by atoms with Gasteiger partial charge in [-0.1, -0.05) is 44.5 Å². The number of aromatic nitrogens is 2. The maximum atomic E-state index is 13.5. The molecule has 1 aromatic carbocycles. The molecule has 0 bridgehead atoms. The topological polar surface area (TPSA) is 81.6 Å². The molecule has 1 aliphatic heterocycles. The summed E-state index contributed by atoms with van der Waals surface area (Å²) in [5.41, 5.74) is 2.79. The summed E-state index contributed by atoms with van der Waals surface area (Å²) in [5, 5.41) is 14.4. The first-order chi connectivity index (χ1) is 15.3. The summed E-state index contributed by atoms with van der Waals surface area (Å²) in [7, 11) is 0. The average molecular weight is 458 g/mol. The van der Waals surface area contributed by atoms with Crippen LogP contribution in [0.4, 0.5) is 5.82 Å². The normalized spacial score (nSPS) is 21.7. The van der Waals surface area contributed by atoms with Crippen LogP contribution in [-0.4, -0.2) is 64.6 Å². The minimum Gasteiger partial charge on any atom is -0.387 e. The van der Waals surface area contributed by atoms with E-state index in [0.29, 0.717) is 50.2 Å². The highest BCUT2D eigenvalue weighted by Crippen LogP contribution is 2.42. The number of hydrogen-bond donors (Lipinski definition) is 2. The van der Waals surface area contributed by atoms with Crippen molar-refractivity contribution in [2.75, 3.05) is 37.6 Å². The average Bonchev–Trinajstić information content (AvgIpc) is 3.08. The maximum absolute atomic E-state index is 13.5. The standard InChI is InChI=1S/C24H32ClN5O2/c1-15(2)26-13-19(17-4-6-18(25)7-5-17)24(32)30-10-8-29(9-11-30)23-21-16(3)12-20(31)22(21)27-14-28-23/h4-7,14-16,19-20,26,31H,8-13H2,1-3H3/t16-,19+,20-/m1/s1. The van der Waals surface area contributed by atoms with Crippen LogP contribution >= 0.6 is 11.6 Å². The van der Waals surface area contributed by atoms with Crippen molar-refractivity contribution in [1.29, 1.82) is 0 Å². The van der Waals surface area contributed by atoms with Crippen molar-refractivity contribution in [2.45, 2.75) is 51.2 Å². The van der Waals surface area contributed by atoms with Gasteiger partial charge in [-0.15, -0.1) is 0 Å². The molecule has 0 saturated carbocycles. The van der Waals surface area contributed by atoms with Crippen LogP contribution in [0, 0.1) is 0 Å². The molecule has 1 fully saturated rings. The second-order valence-corrected chi connectivity index (χ2v) is 9.56. The third-order valence-electron chi connectivity index (χ3n) is 6.47. The van der Waals surface area contributed by atoms with Crippen LogP contribution in [0.1, 0.15) is 62.0 Å². The summed E-state index contributed by atoms with van der Waals surface area (Å²) < 4.78 is 0. The lowest BCUT2D eigenvalue weighted by molar-refractivity contribution is -0.133. The van der Waals surface area contributed by atoms with Crippen molar-refractivity contribution < 1.29 is 9.90 Å². The van der Waals surface area contributed by atoms with E-state index in [-0.39, 0.29) is 17.7 Å². The Kier molecular flexibility index (Phi) is 6.98. The molecule has 2 heterocycles. The van der Waals surface area contributed by atoms with Gasteiger partial charge in [0.05, 0.1) is 17.7 Å². The Balaban J connectivity index is 1.47. The van der Waals surface area contributed by atoms with Gasteiger partial charge < -0.3 is 20.2 Å². The molecule has 3 atom stereocenters. The highest BCUT2D eigenvalue weighted by molar-refractivity contribution is 6.30. The molecule has 32 heavy (non-hydrogen) atoms. The molecule has 0 spiro atoms. The van der Waals surface area contributed by atoms with Crippen LogP contribution in [0.3, 0.4) is 0 Å². The highest BCUT2D eigenvalue weighted by atomic mass is 35.5. The Labute approximate surface area is 194 Å². The number of rotatable bonds is 6. The van der Waals surface area contributed by atoms with Gasteiger partial charge in [0.2, 0.25) is 5.91 Å². The van der Waals surface area contributed by atoms with E-state index in [1.165, 1.54) is 0 Å². The molecule has 1 amide bonds. The fourth-order valence-electron chi connectivity index (χ4n) is 4.71. The number of piperazine rings is 1. The van der Waals surface area contributed by atoms with E-state index in [4.69, 9.17) is 11.6 Å². The predicted molar refractivity (Wildman–Crippen MR) is 126 cm³/mol. The van der Waals surface area contributed by atoms with E-state index >= 15 is 0 Å². The zero-order chi connectivity index (χ0) is 22.8. The minimum absolute atomic E-state index is 0.136. The van der Waals surface area contributed by atoms with Crippen LogP contribution in [0.25, 0.3) is 0 Å². The molecule has 1 aliphatic carbocycles. The quantitative estimate of drug-likeness (QED) is 0.693. The first-order valence-electron chi connectivity index (χ1n) is 11.4. The van der Waals surface area contributed by atoms with Gasteiger partial charge in [-0.3, -0.25) is 4.79 Å². The van der Waals surface area contributed by atoms with E-state index in [0.717, 1.165) is 22.6 Å². The lowest BCUT2D eigenvalue weighted by atomic mass is 9.96. The van der Waals surface area contributed by atoms with Gasteiger partial charge >= 0.3 is 0 Å². The van der Waals surface area contributed by atoms with Crippen molar-refractivity contribution >= 4 is 23.3 Å². The summed E-state index contributed by atoms with van der Waals surface area (Å²) in [5.74, 6) is 1.02. The molecule has 1 aromatic heterocycles. The lowest BCUT2D eigenvalue weighted by Gasteiger charge is -2.38. The molecule has 4 rings (SSSR count). The van der Waals surface area contributed by atoms with Crippen LogP contribution in [0.5, 0.6) is 0 Å². The Bertz CT molecular complexity index is 944. The predicted octanol–water partition coefficient (Wildman–Crippen LogP) is 3.10. The molecular weight excluding hydrogens is 426 g/mol. The van der Waals surface area contributed by atoms with Crippen LogP contribution in [-0.2, 0) is 4.79 Å². The molecule has 172 valence electrons. The third kappa shape index (κ3) is 4.75. The number of hydrogen-bond acceptors (Lipinski definition) is 6. The van der Waals surface area contributed by atoms with Gasteiger partial charge in [-0.2, -0.15) is 0 Å². The van der Waals surface area contributed by atoms with Crippen molar-refractivity contribution in [3.63, 3.8) is 0 Å². The zero-order valence-electron chi connectivity index (χ0n) is 19.0. The van der Waals surface area contributed by atoms with Gasteiger partial charge in [0.15, 0.2) is 0 Å². The largest absolute Gasteiger partial charge is 0.387 e. The molecule has 7 nitrogen and oxygen atoms in total. The second-order valence-electron chi connectivity index (χ2n) is 9.13. The van der Waals surface area contributed by atoms with Crippen LogP contribution in [0.15, 0.2) is 30.6 Å². The molecule has 1 saturated heterocycles. The lowest BCUT2D eigenvalue weighted by Crippen LogP contribution is -2.51. The summed E-state index contributed by atoms with van der Waals surface area (Å²) >= 11 is 6.06. The highest BCUT2D eigenvalue weighted by Gasteiger charge is 2.35. The fraction of sp³-hybridized carbons (Fsp3) is 0.542. The summed E-state index contributed by atoms with van der Waals surface area (Å²) in [6, 6.07) is 7.87. The Hall–Kier alpha value is -2.22. The summed E-state index contributed by atoms with van der Waals surface area (Å²) in [6.45, 7) is 9.57. The van der Waals surface area contributed by atoms with E-state index in [1.54, 1.807) is 6.33 Å². The molecule has 8 heteroatoms. The number of amides is 1. The number of nitrogens with one attached hydrogen (secondary N) is 1. The van der Waals surface area contributed by atoms with E-state index in [9.17, 15) is 9.90 Å². The molecule has 0 radical (unpaired) electrons. The molecule has 2 aliphatic rings. The maximum Gasteiger partial charge on any atom is 0.231 e. The van der Waals surface area contributed by atoms with Crippen molar-refractivity contribution in [1.82, 2.24) is 20.2 Å². The van der Waals surface area contributed by atoms with Crippen molar-refractivity contribution in [3.8, 4) is 0 Å². The van der Waals surface area contributed by atoms with Crippen LogP contribution < -0.4 is 10.2 Å².